The quantitative estimate of drug-likeness (QED) is 0.811. The molecule has 1 aromatic rings. The van der Waals surface area contributed by atoms with Gasteiger partial charge >= 0.3 is 0 Å². The normalized spacial score (nSPS) is 20.4. The van der Waals surface area contributed by atoms with Gasteiger partial charge in [0.05, 0.1) is 0 Å². The molecule has 1 aromatic carbocycles. The van der Waals surface area contributed by atoms with Gasteiger partial charge in [-0.15, -0.1) is 0 Å². The second kappa shape index (κ2) is 7.73. The highest BCUT2D eigenvalue weighted by molar-refractivity contribution is 6.30. The molecule has 19 heavy (non-hydrogen) atoms. The van der Waals surface area contributed by atoms with Crippen molar-refractivity contribution in [3.63, 3.8) is 0 Å². The molecular formula is C15H23ClN2O. The van der Waals surface area contributed by atoms with Crippen molar-refractivity contribution >= 4 is 11.6 Å². The molecule has 1 fully saturated rings. The highest BCUT2D eigenvalue weighted by atomic mass is 35.5. The van der Waals surface area contributed by atoms with Crippen LogP contribution in [0.15, 0.2) is 24.3 Å². The average molecular weight is 283 g/mol. The number of hydrogen-bond acceptors (Lipinski definition) is 3. The summed E-state index contributed by atoms with van der Waals surface area (Å²) in [5.41, 5.74) is 0. The van der Waals surface area contributed by atoms with Gasteiger partial charge in [-0.25, -0.2) is 0 Å². The number of benzene rings is 1. The van der Waals surface area contributed by atoms with Gasteiger partial charge in [0.15, 0.2) is 6.23 Å². The lowest BCUT2D eigenvalue weighted by Crippen LogP contribution is -2.54. The largest absolute Gasteiger partial charge is 0.474 e. The summed E-state index contributed by atoms with van der Waals surface area (Å²) in [5.74, 6) is 0.888. The molecule has 1 unspecified atom stereocenters. The number of hydrogen-bond donors (Lipinski definition) is 1. The maximum absolute atomic E-state index is 6.06. The third kappa shape index (κ3) is 4.68. The summed E-state index contributed by atoms with van der Waals surface area (Å²) in [5, 5.41) is 4.14. The molecular weight excluding hydrogens is 260 g/mol. The van der Waals surface area contributed by atoms with Gasteiger partial charge in [0.2, 0.25) is 0 Å². The smallest absolute Gasteiger partial charge is 0.165 e. The zero-order valence-corrected chi connectivity index (χ0v) is 12.3. The van der Waals surface area contributed by atoms with E-state index in [1.165, 1.54) is 19.3 Å². The van der Waals surface area contributed by atoms with Crippen LogP contribution in [-0.4, -0.2) is 37.3 Å². The molecule has 106 valence electrons. The van der Waals surface area contributed by atoms with Crippen molar-refractivity contribution in [1.29, 1.82) is 0 Å². The zero-order chi connectivity index (χ0) is 13.5. The van der Waals surface area contributed by atoms with Crippen LogP contribution in [0, 0.1) is 0 Å². The van der Waals surface area contributed by atoms with Crippen LogP contribution in [0.5, 0.6) is 5.75 Å². The SMILES string of the molecule is CCCCCN1CCNCC1Oc1ccc(Cl)cc1. The number of ether oxygens (including phenoxy) is 1. The third-order valence-electron chi connectivity index (χ3n) is 3.44. The highest BCUT2D eigenvalue weighted by Gasteiger charge is 2.22. The summed E-state index contributed by atoms with van der Waals surface area (Å²) in [6.45, 7) is 6.34. The van der Waals surface area contributed by atoms with E-state index in [1.54, 1.807) is 0 Å². The topological polar surface area (TPSA) is 24.5 Å². The molecule has 0 saturated carbocycles. The molecule has 1 atom stereocenters. The van der Waals surface area contributed by atoms with Crippen LogP contribution in [0.3, 0.4) is 0 Å². The Morgan fingerprint density at radius 1 is 1.32 bits per heavy atom. The minimum atomic E-state index is 0.131. The Hall–Kier alpha value is -0.770. The number of halogens is 1. The Morgan fingerprint density at radius 3 is 2.84 bits per heavy atom. The van der Waals surface area contributed by atoms with E-state index in [0.717, 1.165) is 37.0 Å². The first-order valence-electron chi connectivity index (χ1n) is 7.16. The van der Waals surface area contributed by atoms with Crippen molar-refractivity contribution in [3.8, 4) is 5.75 Å². The number of piperazine rings is 1. The minimum absolute atomic E-state index is 0.131. The lowest BCUT2D eigenvalue weighted by atomic mass is 10.2. The van der Waals surface area contributed by atoms with Gasteiger partial charge < -0.3 is 10.1 Å². The molecule has 0 bridgehead atoms. The van der Waals surface area contributed by atoms with E-state index < -0.39 is 0 Å². The third-order valence-corrected chi connectivity index (χ3v) is 3.69. The van der Waals surface area contributed by atoms with E-state index in [0.29, 0.717) is 0 Å². The summed E-state index contributed by atoms with van der Waals surface area (Å²) >= 11 is 5.89. The Labute approximate surface area is 120 Å². The number of rotatable bonds is 6. The molecule has 3 nitrogen and oxygen atoms in total. The van der Waals surface area contributed by atoms with Gasteiger partial charge in [-0.05, 0) is 30.7 Å². The summed E-state index contributed by atoms with van der Waals surface area (Å²) in [6.07, 6.45) is 3.93. The van der Waals surface area contributed by atoms with Gasteiger partial charge in [0.25, 0.3) is 0 Å². The first kappa shape index (κ1) is 14.6. The van der Waals surface area contributed by atoms with Gasteiger partial charge in [0, 0.05) is 31.2 Å². The molecule has 1 N–H and O–H groups in total. The Bertz CT molecular complexity index is 369. The molecule has 0 aromatic heterocycles. The minimum Gasteiger partial charge on any atom is -0.474 e. The van der Waals surface area contributed by atoms with Crippen molar-refractivity contribution in [3.05, 3.63) is 29.3 Å². The molecule has 0 radical (unpaired) electrons. The fourth-order valence-electron chi connectivity index (χ4n) is 2.33. The monoisotopic (exact) mass is 282 g/mol. The predicted molar refractivity (Wildman–Crippen MR) is 79.8 cm³/mol. The predicted octanol–water partition coefficient (Wildman–Crippen LogP) is 3.14. The van der Waals surface area contributed by atoms with Crippen molar-refractivity contribution in [2.45, 2.75) is 32.4 Å². The van der Waals surface area contributed by atoms with Crippen LogP contribution >= 0.6 is 11.6 Å². The van der Waals surface area contributed by atoms with E-state index in [-0.39, 0.29) is 6.23 Å². The van der Waals surface area contributed by atoms with Crippen LogP contribution in [0.4, 0.5) is 0 Å². The molecule has 0 spiro atoms. The van der Waals surface area contributed by atoms with E-state index in [2.05, 4.69) is 17.1 Å². The number of nitrogens with zero attached hydrogens (tertiary/aromatic N) is 1. The average Bonchev–Trinajstić information content (AvgIpc) is 2.43. The summed E-state index contributed by atoms with van der Waals surface area (Å²) in [4.78, 5) is 2.43. The number of nitrogens with one attached hydrogen (secondary N) is 1. The Kier molecular flexibility index (Phi) is 5.95. The van der Waals surface area contributed by atoms with E-state index in [1.807, 2.05) is 24.3 Å². The van der Waals surface area contributed by atoms with E-state index >= 15 is 0 Å². The molecule has 1 heterocycles. The molecule has 2 rings (SSSR count). The van der Waals surface area contributed by atoms with Crippen LogP contribution in [0.25, 0.3) is 0 Å². The summed E-state index contributed by atoms with van der Waals surface area (Å²) in [7, 11) is 0. The van der Waals surface area contributed by atoms with Gasteiger partial charge in [0.1, 0.15) is 5.75 Å². The zero-order valence-electron chi connectivity index (χ0n) is 11.6. The second-order valence-electron chi connectivity index (χ2n) is 4.97. The van der Waals surface area contributed by atoms with Crippen molar-refractivity contribution < 1.29 is 4.74 Å². The Morgan fingerprint density at radius 2 is 2.11 bits per heavy atom. The van der Waals surface area contributed by atoms with Gasteiger partial charge in [-0.3, -0.25) is 4.90 Å². The maximum Gasteiger partial charge on any atom is 0.165 e. The molecule has 4 heteroatoms. The van der Waals surface area contributed by atoms with E-state index in [9.17, 15) is 0 Å². The standard InChI is InChI=1S/C15H23ClN2O/c1-2-3-4-10-18-11-9-17-12-15(18)19-14-7-5-13(16)6-8-14/h5-8,15,17H,2-4,9-12H2,1H3. The molecule has 0 amide bonds. The number of unbranched alkanes of at least 4 members (excludes halogenated alkanes) is 2. The van der Waals surface area contributed by atoms with E-state index in [4.69, 9.17) is 16.3 Å². The molecule has 1 aliphatic heterocycles. The van der Waals surface area contributed by atoms with Crippen LogP contribution < -0.4 is 10.1 Å². The van der Waals surface area contributed by atoms with Crippen LogP contribution in [-0.2, 0) is 0 Å². The van der Waals surface area contributed by atoms with Crippen LogP contribution in [0.2, 0.25) is 5.02 Å². The molecule has 1 saturated heterocycles. The first-order valence-corrected chi connectivity index (χ1v) is 7.54. The van der Waals surface area contributed by atoms with Crippen molar-refractivity contribution in [2.75, 3.05) is 26.2 Å². The van der Waals surface area contributed by atoms with Crippen LogP contribution in [0.1, 0.15) is 26.2 Å². The van der Waals surface area contributed by atoms with Crippen molar-refractivity contribution in [2.24, 2.45) is 0 Å². The molecule has 0 aliphatic carbocycles. The van der Waals surface area contributed by atoms with Crippen molar-refractivity contribution in [1.82, 2.24) is 10.2 Å². The lowest BCUT2D eigenvalue weighted by molar-refractivity contribution is 0.00638. The lowest BCUT2D eigenvalue weighted by Gasteiger charge is -2.36. The first-order chi connectivity index (χ1) is 9.29. The van der Waals surface area contributed by atoms with Gasteiger partial charge in [-0.2, -0.15) is 0 Å². The maximum atomic E-state index is 6.06. The second-order valence-corrected chi connectivity index (χ2v) is 5.41. The van der Waals surface area contributed by atoms with Gasteiger partial charge in [-0.1, -0.05) is 31.4 Å². The highest BCUT2D eigenvalue weighted by Crippen LogP contribution is 2.18. The fourth-order valence-corrected chi connectivity index (χ4v) is 2.45. The fraction of sp³-hybridized carbons (Fsp3) is 0.600. The summed E-state index contributed by atoms with van der Waals surface area (Å²) < 4.78 is 6.06. The summed E-state index contributed by atoms with van der Waals surface area (Å²) in [6, 6.07) is 7.60. The molecule has 1 aliphatic rings. The Balaban J connectivity index is 1.89.